The summed E-state index contributed by atoms with van der Waals surface area (Å²) in [6.07, 6.45) is 10.7. The molecule has 2 fully saturated rings. The number of aliphatic hydroxyl groups is 1. The molecule has 0 bridgehead atoms. The summed E-state index contributed by atoms with van der Waals surface area (Å²) in [5.41, 5.74) is 0.867. The summed E-state index contributed by atoms with van der Waals surface area (Å²) >= 11 is 0. The van der Waals surface area contributed by atoms with Crippen molar-refractivity contribution in [3.05, 3.63) is 43.2 Å². The van der Waals surface area contributed by atoms with E-state index in [9.17, 15) is 5.11 Å². The van der Waals surface area contributed by atoms with Crippen LogP contribution >= 0.6 is 0 Å². The molecule has 4 atom stereocenters. The molecule has 7 nitrogen and oxygen atoms in total. The summed E-state index contributed by atoms with van der Waals surface area (Å²) < 4.78 is 3.87. The van der Waals surface area contributed by atoms with Gasteiger partial charge in [-0.1, -0.05) is 0 Å². The normalized spacial score (nSPS) is 30.0. The van der Waals surface area contributed by atoms with E-state index in [0.29, 0.717) is 11.8 Å². The molecule has 1 aliphatic carbocycles. The van der Waals surface area contributed by atoms with Gasteiger partial charge in [0.05, 0.1) is 18.5 Å². The molecule has 5 rings (SSSR count). The van der Waals surface area contributed by atoms with E-state index in [4.69, 9.17) is 0 Å². The van der Waals surface area contributed by atoms with Crippen LogP contribution in [0.4, 0.5) is 5.82 Å². The molecule has 4 heterocycles. The Balaban J connectivity index is 1.38. The van der Waals surface area contributed by atoms with Gasteiger partial charge < -0.3 is 14.6 Å². The van der Waals surface area contributed by atoms with Crippen molar-refractivity contribution in [1.82, 2.24) is 24.1 Å². The van der Waals surface area contributed by atoms with Gasteiger partial charge >= 0.3 is 0 Å². The van der Waals surface area contributed by atoms with E-state index in [0.717, 1.165) is 37.4 Å². The number of hydrogen-bond acceptors (Lipinski definition) is 5. The van der Waals surface area contributed by atoms with Crippen LogP contribution in [0, 0.1) is 11.8 Å². The van der Waals surface area contributed by atoms with Crippen molar-refractivity contribution < 1.29 is 5.11 Å². The second kappa shape index (κ2) is 5.31. The molecule has 0 unspecified atom stereocenters. The minimum absolute atomic E-state index is 0.137. The second-order valence-electron chi connectivity index (χ2n) is 6.96. The Kier molecular flexibility index (Phi) is 3.09. The van der Waals surface area contributed by atoms with Crippen LogP contribution in [0.3, 0.4) is 0 Å². The minimum atomic E-state index is -0.301. The zero-order chi connectivity index (χ0) is 16.1. The van der Waals surface area contributed by atoms with Gasteiger partial charge in [-0.25, -0.2) is 14.5 Å². The summed E-state index contributed by atoms with van der Waals surface area (Å²) in [5, 5.41) is 15.2. The topological polar surface area (TPSA) is 71.5 Å². The number of hydrogen-bond donors (Lipinski definition) is 1. The first-order valence-corrected chi connectivity index (χ1v) is 8.49. The molecule has 0 spiro atoms. The average molecular weight is 324 g/mol. The number of fused-ring (bicyclic) bond motifs is 2. The number of rotatable bonds is 2. The molecule has 1 saturated heterocycles. The van der Waals surface area contributed by atoms with Gasteiger partial charge in [0.25, 0.3) is 0 Å². The lowest BCUT2D eigenvalue weighted by molar-refractivity contribution is 0.0358. The quantitative estimate of drug-likeness (QED) is 0.771. The van der Waals surface area contributed by atoms with Gasteiger partial charge in [-0.15, -0.1) is 5.10 Å². The molecule has 2 aliphatic rings. The number of anilines is 1. The molecule has 3 aromatic rings. The average Bonchev–Trinajstić information content (AvgIpc) is 3.32. The largest absolute Gasteiger partial charge is 0.391 e. The number of nitrogens with zero attached hydrogens (tertiary/aromatic N) is 6. The van der Waals surface area contributed by atoms with Gasteiger partial charge in [0.15, 0.2) is 5.65 Å². The molecule has 0 radical (unpaired) electrons. The zero-order valence-corrected chi connectivity index (χ0v) is 13.3. The molecule has 1 saturated carbocycles. The smallest absolute Gasteiger partial charge is 0.153 e. The van der Waals surface area contributed by atoms with Crippen LogP contribution in [0.2, 0.25) is 0 Å². The summed E-state index contributed by atoms with van der Waals surface area (Å²) in [6.45, 7) is 1.96. The third-order valence-electron chi connectivity index (χ3n) is 5.58. The summed E-state index contributed by atoms with van der Waals surface area (Å²) in [7, 11) is 0. The SMILES string of the molecule is O[C@@H]1C[C@H]2CN(c3ccc4nccn4n3)C[C@H]2C[C@H]1n1ccnc1. The Morgan fingerprint density at radius 1 is 1.04 bits per heavy atom. The van der Waals surface area contributed by atoms with E-state index >= 15 is 0 Å². The van der Waals surface area contributed by atoms with E-state index in [2.05, 4.69) is 24.5 Å². The predicted molar refractivity (Wildman–Crippen MR) is 88.7 cm³/mol. The minimum Gasteiger partial charge on any atom is -0.391 e. The predicted octanol–water partition coefficient (Wildman–Crippen LogP) is 1.37. The van der Waals surface area contributed by atoms with E-state index in [1.54, 1.807) is 12.4 Å². The van der Waals surface area contributed by atoms with Gasteiger partial charge in [0.1, 0.15) is 5.82 Å². The lowest BCUT2D eigenvalue weighted by Crippen LogP contribution is -2.35. The molecular formula is C17H20N6O. The highest BCUT2D eigenvalue weighted by Gasteiger charge is 2.42. The first-order valence-electron chi connectivity index (χ1n) is 8.49. The maximum Gasteiger partial charge on any atom is 0.153 e. The van der Waals surface area contributed by atoms with Crippen molar-refractivity contribution in [3.8, 4) is 0 Å². The number of imidazole rings is 2. The summed E-state index contributed by atoms with van der Waals surface area (Å²) in [6, 6.07) is 4.19. The van der Waals surface area contributed by atoms with Crippen molar-refractivity contribution in [2.45, 2.75) is 25.0 Å². The van der Waals surface area contributed by atoms with Crippen molar-refractivity contribution in [2.24, 2.45) is 11.8 Å². The molecule has 7 heteroatoms. The third-order valence-corrected chi connectivity index (χ3v) is 5.58. The van der Waals surface area contributed by atoms with Crippen molar-refractivity contribution >= 4 is 11.5 Å². The fourth-order valence-electron chi connectivity index (χ4n) is 4.35. The van der Waals surface area contributed by atoms with Crippen LogP contribution in [0.15, 0.2) is 43.2 Å². The molecule has 24 heavy (non-hydrogen) atoms. The van der Waals surface area contributed by atoms with Crippen molar-refractivity contribution in [3.63, 3.8) is 0 Å². The highest BCUT2D eigenvalue weighted by molar-refractivity contribution is 5.46. The monoisotopic (exact) mass is 324 g/mol. The highest BCUT2D eigenvalue weighted by Crippen LogP contribution is 2.42. The zero-order valence-electron chi connectivity index (χ0n) is 13.3. The van der Waals surface area contributed by atoms with Gasteiger partial charge in [0, 0.05) is 37.9 Å². The summed E-state index contributed by atoms with van der Waals surface area (Å²) in [5.74, 6) is 2.10. The van der Waals surface area contributed by atoms with Crippen LogP contribution in [0.25, 0.3) is 5.65 Å². The Morgan fingerprint density at radius 3 is 2.75 bits per heavy atom. The van der Waals surface area contributed by atoms with Crippen LogP contribution in [0.1, 0.15) is 18.9 Å². The molecule has 0 aromatic carbocycles. The maximum absolute atomic E-state index is 10.6. The van der Waals surface area contributed by atoms with E-state index in [1.165, 1.54) is 0 Å². The maximum atomic E-state index is 10.6. The molecule has 1 N–H and O–H groups in total. The van der Waals surface area contributed by atoms with Crippen LogP contribution in [-0.4, -0.2) is 48.4 Å². The molecule has 0 amide bonds. The molecule has 3 aromatic heterocycles. The number of aliphatic hydroxyl groups excluding tert-OH is 1. The standard InChI is InChI=1S/C17H20N6O/c24-15-8-13-10-22(17-2-1-16-19-4-6-23(16)20-17)9-12(13)7-14(15)21-5-3-18-11-21/h1-6,11-15,24H,7-10H2/t12-,13+,14-,15-/m1/s1. The fourth-order valence-corrected chi connectivity index (χ4v) is 4.35. The Morgan fingerprint density at radius 2 is 1.92 bits per heavy atom. The van der Waals surface area contributed by atoms with Gasteiger partial charge in [0.2, 0.25) is 0 Å². The van der Waals surface area contributed by atoms with Gasteiger partial charge in [-0.3, -0.25) is 0 Å². The fraction of sp³-hybridized carbons (Fsp3) is 0.471. The second-order valence-corrected chi connectivity index (χ2v) is 6.96. The first-order chi connectivity index (χ1) is 11.8. The summed E-state index contributed by atoms with van der Waals surface area (Å²) in [4.78, 5) is 10.7. The Hall–Kier alpha value is -2.41. The first kappa shape index (κ1) is 14.0. The van der Waals surface area contributed by atoms with E-state index in [-0.39, 0.29) is 12.1 Å². The lowest BCUT2D eigenvalue weighted by Gasteiger charge is -2.35. The third kappa shape index (κ3) is 2.19. The molecule has 1 aliphatic heterocycles. The van der Waals surface area contributed by atoms with Gasteiger partial charge in [-0.2, -0.15) is 0 Å². The van der Waals surface area contributed by atoms with Crippen molar-refractivity contribution in [1.29, 1.82) is 0 Å². The highest BCUT2D eigenvalue weighted by atomic mass is 16.3. The Labute approximate surface area is 139 Å². The van der Waals surface area contributed by atoms with Crippen molar-refractivity contribution in [2.75, 3.05) is 18.0 Å². The lowest BCUT2D eigenvalue weighted by atomic mass is 9.77. The molecule has 124 valence electrons. The van der Waals surface area contributed by atoms with Crippen LogP contribution in [-0.2, 0) is 0 Å². The Bertz CT molecular complexity index is 844. The van der Waals surface area contributed by atoms with E-state index < -0.39 is 0 Å². The van der Waals surface area contributed by atoms with E-state index in [1.807, 2.05) is 35.4 Å². The van der Waals surface area contributed by atoms with Crippen LogP contribution in [0.5, 0.6) is 0 Å². The molecular weight excluding hydrogens is 304 g/mol. The van der Waals surface area contributed by atoms with Crippen LogP contribution < -0.4 is 4.90 Å². The number of aromatic nitrogens is 5. The van der Waals surface area contributed by atoms with Gasteiger partial charge in [-0.05, 0) is 36.8 Å².